The molecular weight excluding hydrogens is 318 g/mol. The van der Waals surface area contributed by atoms with Gasteiger partial charge in [0, 0.05) is 17.1 Å². The Balaban J connectivity index is 2.02. The number of aromatic nitrogens is 1. The number of fused-ring (bicyclic) bond motifs is 1. The monoisotopic (exact) mass is 337 g/mol. The molecule has 0 saturated heterocycles. The van der Waals surface area contributed by atoms with Crippen molar-refractivity contribution in [3.05, 3.63) is 59.8 Å². The van der Waals surface area contributed by atoms with Gasteiger partial charge in [-0.25, -0.2) is 4.79 Å². The van der Waals surface area contributed by atoms with E-state index < -0.39 is 0 Å². The van der Waals surface area contributed by atoms with Crippen molar-refractivity contribution in [1.29, 1.82) is 0 Å². The second-order valence-electron chi connectivity index (χ2n) is 5.49. The number of nitrogens with zero attached hydrogens (tertiary/aromatic N) is 1. The summed E-state index contributed by atoms with van der Waals surface area (Å²) in [5, 5.41) is 0.756. The highest BCUT2D eigenvalue weighted by atomic mass is 16.5. The molecule has 2 aromatic carbocycles. The SMILES string of the molecule is CCOC(=O)c1ccc2nc(C)cc(Oc3ccc(OC)cc3)c2c1. The lowest BCUT2D eigenvalue weighted by molar-refractivity contribution is 0.0526. The van der Waals surface area contributed by atoms with Crippen LogP contribution in [0.1, 0.15) is 23.0 Å². The Morgan fingerprint density at radius 3 is 2.44 bits per heavy atom. The standard InChI is InChI=1S/C20H19NO4/c1-4-24-20(22)14-5-10-18-17(12-14)19(11-13(2)21-18)25-16-8-6-15(23-3)7-9-16/h5-12H,4H2,1-3H3. The van der Waals surface area contributed by atoms with Gasteiger partial charge in [0.15, 0.2) is 0 Å². The van der Waals surface area contributed by atoms with Crippen LogP contribution >= 0.6 is 0 Å². The van der Waals surface area contributed by atoms with Crippen LogP contribution in [0.2, 0.25) is 0 Å². The van der Waals surface area contributed by atoms with Crippen LogP contribution in [0.5, 0.6) is 17.2 Å². The summed E-state index contributed by atoms with van der Waals surface area (Å²) in [6, 6.07) is 14.4. The lowest BCUT2D eigenvalue weighted by Crippen LogP contribution is -2.04. The van der Waals surface area contributed by atoms with Gasteiger partial charge in [0.2, 0.25) is 0 Å². The number of carbonyl (C=O) groups excluding carboxylic acids is 1. The first kappa shape index (κ1) is 16.8. The Hall–Kier alpha value is -3.08. The smallest absolute Gasteiger partial charge is 0.338 e. The molecule has 0 amide bonds. The Morgan fingerprint density at radius 1 is 1.04 bits per heavy atom. The van der Waals surface area contributed by atoms with Crippen molar-refractivity contribution in [2.45, 2.75) is 13.8 Å². The van der Waals surface area contributed by atoms with E-state index in [1.807, 2.05) is 37.3 Å². The number of ether oxygens (including phenoxy) is 3. The fraction of sp³-hybridized carbons (Fsp3) is 0.200. The Kier molecular flexibility index (Phi) is 4.84. The molecule has 25 heavy (non-hydrogen) atoms. The first-order valence-electron chi connectivity index (χ1n) is 8.01. The molecule has 0 spiro atoms. The van der Waals surface area contributed by atoms with E-state index in [1.165, 1.54) is 0 Å². The molecule has 3 aromatic rings. The lowest BCUT2D eigenvalue weighted by atomic mass is 10.1. The van der Waals surface area contributed by atoms with Crippen LogP contribution in [-0.4, -0.2) is 24.7 Å². The average molecular weight is 337 g/mol. The largest absolute Gasteiger partial charge is 0.497 e. The molecule has 0 atom stereocenters. The van der Waals surface area contributed by atoms with Crippen molar-refractivity contribution in [3.63, 3.8) is 0 Å². The van der Waals surface area contributed by atoms with E-state index in [2.05, 4.69) is 4.98 Å². The maximum Gasteiger partial charge on any atom is 0.338 e. The molecule has 0 fully saturated rings. The van der Waals surface area contributed by atoms with Gasteiger partial charge in [0.05, 0.1) is 24.8 Å². The molecule has 5 heteroatoms. The highest BCUT2D eigenvalue weighted by Crippen LogP contribution is 2.31. The van der Waals surface area contributed by atoms with Crippen molar-refractivity contribution >= 4 is 16.9 Å². The first-order valence-corrected chi connectivity index (χ1v) is 8.01. The number of benzene rings is 2. The van der Waals surface area contributed by atoms with Gasteiger partial charge in [0.25, 0.3) is 0 Å². The van der Waals surface area contributed by atoms with E-state index in [0.29, 0.717) is 23.7 Å². The summed E-state index contributed by atoms with van der Waals surface area (Å²) in [5.74, 6) is 1.71. The zero-order valence-corrected chi connectivity index (χ0v) is 14.4. The van der Waals surface area contributed by atoms with E-state index >= 15 is 0 Å². The number of methoxy groups -OCH3 is 1. The number of rotatable bonds is 5. The molecule has 0 aliphatic heterocycles. The van der Waals surface area contributed by atoms with Gasteiger partial charge >= 0.3 is 5.97 Å². The topological polar surface area (TPSA) is 57.7 Å². The third-order valence-corrected chi connectivity index (χ3v) is 3.70. The predicted octanol–water partition coefficient (Wildman–Crippen LogP) is 4.52. The second-order valence-corrected chi connectivity index (χ2v) is 5.49. The van der Waals surface area contributed by atoms with Gasteiger partial charge < -0.3 is 14.2 Å². The number of hydrogen-bond acceptors (Lipinski definition) is 5. The van der Waals surface area contributed by atoms with Crippen molar-refractivity contribution in [2.24, 2.45) is 0 Å². The van der Waals surface area contributed by atoms with E-state index in [4.69, 9.17) is 14.2 Å². The fourth-order valence-corrected chi connectivity index (χ4v) is 2.52. The minimum atomic E-state index is -0.361. The zero-order valence-electron chi connectivity index (χ0n) is 14.4. The van der Waals surface area contributed by atoms with Crippen molar-refractivity contribution < 1.29 is 19.0 Å². The van der Waals surface area contributed by atoms with Crippen LogP contribution in [0.25, 0.3) is 10.9 Å². The van der Waals surface area contributed by atoms with E-state index in [0.717, 1.165) is 22.3 Å². The summed E-state index contributed by atoms with van der Waals surface area (Å²) >= 11 is 0. The van der Waals surface area contributed by atoms with E-state index in [9.17, 15) is 4.79 Å². The van der Waals surface area contributed by atoms with Crippen LogP contribution in [0.4, 0.5) is 0 Å². The molecule has 0 aliphatic carbocycles. The molecule has 0 radical (unpaired) electrons. The zero-order chi connectivity index (χ0) is 17.8. The third kappa shape index (κ3) is 3.71. The predicted molar refractivity (Wildman–Crippen MR) is 95.5 cm³/mol. The average Bonchev–Trinajstić information content (AvgIpc) is 2.62. The van der Waals surface area contributed by atoms with Gasteiger partial charge in [-0.05, 0) is 56.3 Å². The molecule has 0 N–H and O–H groups in total. The minimum absolute atomic E-state index is 0.332. The van der Waals surface area contributed by atoms with Crippen LogP contribution in [0.3, 0.4) is 0 Å². The van der Waals surface area contributed by atoms with Gasteiger partial charge in [-0.3, -0.25) is 4.98 Å². The van der Waals surface area contributed by atoms with Crippen LogP contribution in [-0.2, 0) is 4.74 Å². The molecule has 3 rings (SSSR count). The number of pyridine rings is 1. The van der Waals surface area contributed by atoms with Gasteiger partial charge in [-0.2, -0.15) is 0 Å². The molecule has 1 heterocycles. The van der Waals surface area contributed by atoms with Gasteiger partial charge in [0.1, 0.15) is 17.2 Å². The Bertz CT molecular complexity index is 903. The Morgan fingerprint density at radius 2 is 1.76 bits per heavy atom. The maximum atomic E-state index is 12.0. The van der Waals surface area contributed by atoms with Crippen LogP contribution in [0.15, 0.2) is 48.5 Å². The Labute approximate surface area is 146 Å². The van der Waals surface area contributed by atoms with E-state index in [1.54, 1.807) is 32.2 Å². The summed E-state index contributed by atoms with van der Waals surface area (Å²) < 4.78 is 16.2. The highest BCUT2D eigenvalue weighted by molar-refractivity contribution is 5.96. The number of esters is 1. The molecule has 0 bridgehead atoms. The van der Waals surface area contributed by atoms with Gasteiger partial charge in [-0.15, -0.1) is 0 Å². The van der Waals surface area contributed by atoms with E-state index in [-0.39, 0.29) is 5.97 Å². The molecule has 128 valence electrons. The summed E-state index contributed by atoms with van der Waals surface area (Å²) in [6.45, 7) is 4.01. The van der Waals surface area contributed by atoms with Gasteiger partial charge in [-0.1, -0.05) is 0 Å². The molecule has 0 aliphatic rings. The fourth-order valence-electron chi connectivity index (χ4n) is 2.52. The number of hydrogen-bond donors (Lipinski definition) is 0. The molecule has 1 aromatic heterocycles. The van der Waals surface area contributed by atoms with Crippen LogP contribution in [0, 0.1) is 6.92 Å². The first-order chi connectivity index (χ1) is 12.1. The lowest BCUT2D eigenvalue weighted by Gasteiger charge is -2.11. The summed E-state index contributed by atoms with van der Waals surface area (Å²) in [7, 11) is 1.62. The number of aryl methyl sites for hydroxylation is 1. The third-order valence-electron chi connectivity index (χ3n) is 3.70. The quantitative estimate of drug-likeness (QED) is 0.641. The summed E-state index contributed by atoms with van der Waals surface area (Å²) in [4.78, 5) is 16.5. The molecular formula is C20H19NO4. The summed E-state index contributed by atoms with van der Waals surface area (Å²) in [6.07, 6.45) is 0. The molecule has 0 unspecified atom stereocenters. The van der Waals surface area contributed by atoms with Crippen molar-refractivity contribution in [1.82, 2.24) is 4.98 Å². The molecule has 0 saturated carbocycles. The van der Waals surface area contributed by atoms with Crippen LogP contribution < -0.4 is 9.47 Å². The molecule has 5 nitrogen and oxygen atoms in total. The number of carbonyl (C=O) groups is 1. The minimum Gasteiger partial charge on any atom is -0.497 e. The normalized spacial score (nSPS) is 10.5. The maximum absolute atomic E-state index is 12.0. The summed E-state index contributed by atoms with van der Waals surface area (Å²) in [5.41, 5.74) is 2.07. The second kappa shape index (κ2) is 7.21. The van der Waals surface area contributed by atoms with Crippen molar-refractivity contribution in [3.8, 4) is 17.2 Å². The highest BCUT2D eigenvalue weighted by Gasteiger charge is 2.12. The van der Waals surface area contributed by atoms with Crippen molar-refractivity contribution in [2.75, 3.05) is 13.7 Å².